The lowest BCUT2D eigenvalue weighted by atomic mass is 9.82. The Morgan fingerprint density at radius 3 is 2.39 bits per heavy atom. The first-order valence-corrected chi connectivity index (χ1v) is 9.82. The molecule has 0 bridgehead atoms. The number of aromatic nitrogens is 1. The van der Waals surface area contributed by atoms with Crippen LogP contribution in [0.15, 0.2) is 40.7 Å². The summed E-state index contributed by atoms with van der Waals surface area (Å²) in [5, 5.41) is 3.07. The molecule has 7 heteroatoms. The van der Waals surface area contributed by atoms with Crippen molar-refractivity contribution in [2.45, 2.75) is 30.1 Å². The van der Waals surface area contributed by atoms with Crippen molar-refractivity contribution < 1.29 is 13.2 Å². The van der Waals surface area contributed by atoms with E-state index < -0.39 is 10.0 Å². The Balaban J connectivity index is 1.75. The Labute approximate surface area is 141 Å². The van der Waals surface area contributed by atoms with E-state index in [1.54, 1.807) is 47.0 Å². The molecule has 0 unspecified atom stereocenters. The van der Waals surface area contributed by atoms with Gasteiger partial charge >= 0.3 is 0 Å². The summed E-state index contributed by atoms with van der Waals surface area (Å²) in [4.78, 5) is 4.73. The zero-order valence-electron chi connectivity index (χ0n) is 13.2. The van der Waals surface area contributed by atoms with Gasteiger partial charge < -0.3 is 4.74 Å². The second kappa shape index (κ2) is 6.22. The average molecular weight is 352 g/mol. The lowest BCUT2D eigenvalue weighted by Crippen LogP contribution is -2.43. The molecule has 0 aliphatic carbocycles. The van der Waals surface area contributed by atoms with Gasteiger partial charge in [-0.05, 0) is 37.1 Å². The van der Waals surface area contributed by atoms with Crippen LogP contribution in [0.4, 0.5) is 0 Å². The summed E-state index contributed by atoms with van der Waals surface area (Å²) < 4.78 is 32.2. The van der Waals surface area contributed by atoms with E-state index in [4.69, 9.17) is 4.74 Å². The molecule has 3 rings (SSSR count). The van der Waals surface area contributed by atoms with Crippen molar-refractivity contribution in [3.05, 3.63) is 40.8 Å². The molecule has 23 heavy (non-hydrogen) atoms. The molecule has 0 radical (unpaired) electrons. The first-order valence-electron chi connectivity index (χ1n) is 7.50. The van der Waals surface area contributed by atoms with E-state index in [0.717, 1.165) is 17.8 Å². The first kappa shape index (κ1) is 16.4. The van der Waals surface area contributed by atoms with Gasteiger partial charge in [0.15, 0.2) is 0 Å². The second-order valence-electron chi connectivity index (χ2n) is 5.98. The number of benzene rings is 1. The normalized spacial score (nSPS) is 18.7. The monoisotopic (exact) mass is 352 g/mol. The standard InChI is InChI=1S/C16H20N2O3S2/c1-16(15-17-9-12-22-15)7-10-18(11-8-16)23(19,20)14-5-3-13(21-2)4-6-14/h3-6,9,12H,7-8,10-11H2,1-2H3. The Morgan fingerprint density at radius 2 is 1.87 bits per heavy atom. The smallest absolute Gasteiger partial charge is 0.243 e. The van der Waals surface area contributed by atoms with Crippen LogP contribution in [0.2, 0.25) is 0 Å². The Bertz CT molecular complexity index is 747. The third kappa shape index (κ3) is 3.13. The summed E-state index contributed by atoms with van der Waals surface area (Å²) in [6.07, 6.45) is 3.39. The highest BCUT2D eigenvalue weighted by Gasteiger charge is 2.37. The molecular formula is C16H20N2O3S2. The molecule has 1 fully saturated rings. The third-order valence-electron chi connectivity index (χ3n) is 4.47. The first-order chi connectivity index (χ1) is 11.0. The maximum absolute atomic E-state index is 12.8. The van der Waals surface area contributed by atoms with E-state index in [-0.39, 0.29) is 5.41 Å². The van der Waals surface area contributed by atoms with Gasteiger partial charge in [-0.25, -0.2) is 13.4 Å². The number of hydrogen-bond acceptors (Lipinski definition) is 5. The minimum Gasteiger partial charge on any atom is -0.497 e. The minimum atomic E-state index is -3.45. The van der Waals surface area contributed by atoms with E-state index >= 15 is 0 Å². The molecule has 2 aromatic rings. The van der Waals surface area contributed by atoms with E-state index in [1.165, 1.54) is 0 Å². The molecule has 1 aromatic carbocycles. The van der Waals surface area contributed by atoms with Gasteiger partial charge in [-0.1, -0.05) is 6.92 Å². The van der Waals surface area contributed by atoms with Crippen molar-refractivity contribution in [3.8, 4) is 5.75 Å². The summed E-state index contributed by atoms with van der Waals surface area (Å²) in [6.45, 7) is 3.21. The number of thiazole rings is 1. The van der Waals surface area contributed by atoms with Crippen molar-refractivity contribution in [3.63, 3.8) is 0 Å². The summed E-state index contributed by atoms with van der Waals surface area (Å²) in [5.74, 6) is 0.652. The highest BCUT2D eigenvalue weighted by atomic mass is 32.2. The number of piperidine rings is 1. The van der Waals surface area contributed by atoms with Crippen LogP contribution in [-0.2, 0) is 15.4 Å². The summed E-state index contributed by atoms with van der Waals surface area (Å²) in [7, 11) is -1.88. The zero-order chi connectivity index (χ0) is 16.5. The second-order valence-corrected chi connectivity index (χ2v) is 8.81. The summed E-state index contributed by atoms with van der Waals surface area (Å²) >= 11 is 1.64. The third-order valence-corrected chi connectivity index (χ3v) is 7.46. The molecule has 0 spiro atoms. The maximum atomic E-state index is 12.8. The van der Waals surface area contributed by atoms with Crippen molar-refractivity contribution >= 4 is 21.4 Å². The van der Waals surface area contributed by atoms with Gasteiger partial charge in [0.2, 0.25) is 10.0 Å². The molecule has 5 nitrogen and oxygen atoms in total. The van der Waals surface area contributed by atoms with Crippen LogP contribution >= 0.6 is 11.3 Å². The quantitative estimate of drug-likeness (QED) is 0.849. The number of ether oxygens (including phenoxy) is 1. The van der Waals surface area contributed by atoms with Crippen LogP contribution < -0.4 is 4.74 Å². The molecule has 1 aliphatic heterocycles. The molecule has 2 heterocycles. The lowest BCUT2D eigenvalue weighted by Gasteiger charge is -2.37. The molecule has 0 atom stereocenters. The molecular weight excluding hydrogens is 332 g/mol. The van der Waals surface area contributed by atoms with Gasteiger partial charge in [-0.2, -0.15) is 4.31 Å². The van der Waals surface area contributed by atoms with Gasteiger partial charge in [0, 0.05) is 30.1 Å². The fourth-order valence-corrected chi connectivity index (χ4v) is 5.15. The van der Waals surface area contributed by atoms with Gasteiger partial charge in [0.25, 0.3) is 0 Å². The summed E-state index contributed by atoms with van der Waals surface area (Å²) in [6, 6.07) is 6.55. The fraction of sp³-hybridized carbons (Fsp3) is 0.438. The molecule has 0 saturated carbocycles. The molecule has 1 aromatic heterocycles. The number of hydrogen-bond donors (Lipinski definition) is 0. The highest BCUT2D eigenvalue weighted by Crippen LogP contribution is 2.37. The Morgan fingerprint density at radius 1 is 1.22 bits per heavy atom. The van der Waals surface area contributed by atoms with E-state index in [2.05, 4.69) is 11.9 Å². The van der Waals surface area contributed by atoms with Crippen LogP contribution in [0.1, 0.15) is 24.8 Å². The van der Waals surface area contributed by atoms with Crippen LogP contribution in [0.3, 0.4) is 0 Å². The number of methoxy groups -OCH3 is 1. The molecule has 1 saturated heterocycles. The van der Waals surface area contributed by atoms with Gasteiger partial charge in [-0.3, -0.25) is 0 Å². The largest absolute Gasteiger partial charge is 0.497 e. The van der Waals surface area contributed by atoms with Crippen molar-refractivity contribution in [1.29, 1.82) is 0 Å². The molecule has 0 amide bonds. The number of nitrogens with zero attached hydrogens (tertiary/aromatic N) is 2. The predicted octanol–water partition coefficient (Wildman–Crippen LogP) is 2.89. The zero-order valence-corrected chi connectivity index (χ0v) is 14.9. The Hall–Kier alpha value is -1.44. The summed E-state index contributed by atoms with van der Waals surface area (Å²) in [5.41, 5.74) is -0.0277. The van der Waals surface area contributed by atoms with Crippen LogP contribution in [0, 0.1) is 0 Å². The van der Waals surface area contributed by atoms with Gasteiger partial charge in [0.1, 0.15) is 5.75 Å². The van der Waals surface area contributed by atoms with Crippen LogP contribution in [0.25, 0.3) is 0 Å². The SMILES string of the molecule is COc1ccc(S(=O)(=O)N2CCC(C)(c3nccs3)CC2)cc1. The fourth-order valence-electron chi connectivity index (χ4n) is 2.85. The van der Waals surface area contributed by atoms with Gasteiger partial charge in [0.05, 0.1) is 17.0 Å². The maximum Gasteiger partial charge on any atom is 0.243 e. The topological polar surface area (TPSA) is 59.5 Å². The number of rotatable bonds is 4. The Kier molecular flexibility index (Phi) is 4.44. The number of sulfonamides is 1. The highest BCUT2D eigenvalue weighted by molar-refractivity contribution is 7.89. The molecule has 0 N–H and O–H groups in total. The lowest BCUT2D eigenvalue weighted by molar-refractivity contribution is 0.248. The van der Waals surface area contributed by atoms with Crippen molar-refractivity contribution in [2.75, 3.05) is 20.2 Å². The van der Waals surface area contributed by atoms with E-state index in [0.29, 0.717) is 23.7 Å². The van der Waals surface area contributed by atoms with Gasteiger partial charge in [-0.15, -0.1) is 11.3 Å². The van der Waals surface area contributed by atoms with E-state index in [9.17, 15) is 8.42 Å². The van der Waals surface area contributed by atoms with Crippen molar-refractivity contribution in [1.82, 2.24) is 9.29 Å². The minimum absolute atomic E-state index is 0.0277. The van der Waals surface area contributed by atoms with E-state index in [1.807, 2.05) is 11.6 Å². The van der Waals surface area contributed by atoms with Crippen LogP contribution in [-0.4, -0.2) is 37.9 Å². The van der Waals surface area contributed by atoms with Crippen molar-refractivity contribution in [2.24, 2.45) is 0 Å². The molecule has 124 valence electrons. The average Bonchev–Trinajstić information content (AvgIpc) is 3.11. The molecule has 1 aliphatic rings. The predicted molar refractivity (Wildman–Crippen MR) is 90.5 cm³/mol. The van der Waals surface area contributed by atoms with Crippen LogP contribution in [0.5, 0.6) is 5.75 Å².